The van der Waals surface area contributed by atoms with Crippen LogP contribution in [-0.2, 0) is 6.54 Å². The molecule has 0 aliphatic carbocycles. The van der Waals surface area contributed by atoms with Gasteiger partial charge in [0.05, 0.1) is 5.69 Å². The number of aromatic hydroxyl groups is 1. The van der Waals surface area contributed by atoms with Gasteiger partial charge in [-0.25, -0.2) is 4.98 Å². The van der Waals surface area contributed by atoms with Gasteiger partial charge in [0.15, 0.2) is 0 Å². The van der Waals surface area contributed by atoms with Crippen molar-refractivity contribution in [2.45, 2.75) is 13.5 Å². The summed E-state index contributed by atoms with van der Waals surface area (Å²) in [6, 6.07) is 5.41. The van der Waals surface area contributed by atoms with E-state index in [1.54, 1.807) is 12.3 Å². The third-order valence-corrected chi connectivity index (χ3v) is 2.36. The zero-order valence-electron chi connectivity index (χ0n) is 8.51. The summed E-state index contributed by atoms with van der Waals surface area (Å²) >= 11 is 0. The molecule has 2 rings (SSSR count). The van der Waals surface area contributed by atoms with Crippen molar-refractivity contribution in [3.05, 3.63) is 42.0 Å². The van der Waals surface area contributed by atoms with E-state index in [-0.39, 0.29) is 5.75 Å². The molecular formula is C11H13N3O. The van der Waals surface area contributed by atoms with E-state index in [0.717, 1.165) is 17.1 Å². The van der Waals surface area contributed by atoms with Crippen molar-refractivity contribution in [3.8, 4) is 11.4 Å². The van der Waals surface area contributed by atoms with Gasteiger partial charge in [-0.3, -0.25) is 0 Å². The SMILES string of the molecule is Cc1nccn1-c1ccc(CN)cc1O. The molecule has 0 radical (unpaired) electrons. The average Bonchev–Trinajstić information content (AvgIpc) is 2.64. The van der Waals surface area contributed by atoms with Gasteiger partial charge in [0, 0.05) is 18.9 Å². The summed E-state index contributed by atoms with van der Waals surface area (Å²) < 4.78 is 1.83. The molecule has 1 aromatic carbocycles. The Morgan fingerprint density at radius 1 is 1.47 bits per heavy atom. The average molecular weight is 203 g/mol. The fraction of sp³-hybridized carbons (Fsp3) is 0.182. The Morgan fingerprint density at radius 2 is 2.27 bits per heavy atom. The van der Waals surface area contributed by atoms with Gasteiger partial charge in [0.25, 0.3) is 0 Å². The molecule has 3 N–H and O–H groups in total. The van der Waals surface area contributed by atoms with Crippen LogP contribution in [0.25, 0.3) is 5.69 Å². The van der Waals surface area contributed by atoms with Crippen LogP contribution in [-0.4, -0.2) is 14.7 Å². The lowest BCUT2D eigenvalue weighted by molar-refractivity contribution is 0.471. The molecule has 15 heavy (non-hydrogen) atoms. The normalized spacial score (nSPS) is 10.5. The number of phenols is 1. The Labute approximate surface area is 88.0 Å². The molecule has 2 aromatic rings. The summed E-state index contributed by atoms with van der Waals surface area (Å²) in [5.74, 6) is 1.06. The quantitative estimate of drug-likeness (QED) is 0.774. The van der Waals surface area contributed by atoms with Crippen molar-refractivity contribution in [1.82, 2.24) is 9.55 Å². The van der Waals surface area contributed by atoms with E-state index in [2.05, 4.69) is 4.98 Å². The molecule has 0 saturated heterocycles. The molecule has 0 atom stereocenters. The smallest absolute Gasteiger partial charge is 0.139 e. The van der Waals surface area contributed by atoms with Gasteiger partial charge in [-0.1, -0.05) is 6.07 Å². The molecule has 0 saturated carbocycles. The lowest BCUT2D eigenvalue weighted by atomic mass is 10.2. The standard InChI is InChI=1S/C11H13N3O/c1-8-13-4-5-14(8)10-3-2-9(7-12)6-11(10)15/h2-6,15H,7,12H2,1H3. The number of benzene rings is 1. The van der Waals surface area contributed by atoms with Crippen LogP contribution in [0.1, 0.15) is 11.4 Å². The highest BCUT2D eigenvalue weighted by atomic mass is 16.3. The van der Waals surface area contributed by atoms with Gasteiger partial charge in [0.1, 0.15) is 11.6 Å². The number of hydrogen-bond acceptors (Lipinski definition) is 3. The first-order valence-corrected chi connectivity index (χ1v) is 4.74. The maximum Gasteiger partial charge on any atom is 0.139 e. The number of rotatable bonds is 2. The van der Waals surface area contributed by atoms with Gasteiger partial charge >= 0.3 is 0 Å². The molecule has 78 valence electrons. The van der Waals surface area contributed by atoms with E-state index in [1.165, 1.54) is 0 Å². The van der Waals surface area contributed by atoms with E-state index in [4.69, 9.17) is 5.73 Å². The minimum atomic E-state index is 0.221. The Balaban J connectivity index is 2.50. The van der Waals surface area contributed by atoms with Crippen molar-refractivity contribution in [2.75, 3.05) is 0 Å². The van der Waals surface area contributed by atoms with Crippen molar-refractivity contribution in [1.29, 1.82) is 0 Å². The number of phenolic OH excluding ortho intramolecular Hbond substituents is 1. The molecule has 4 heteroatoms. The fourth-order valence-electron chi connectivity index (χ4n) is 1.53. The van der Waals surface area contributed by atoms with Crippen LogP contribution < -0.4 is 5.73 Å². The van der Waals surface area contributed by atoms with Gasteiger partial charge < -0.3 is 15.4 Å². The molecule has 0 amide bonds. The number of imidazole rings is 1. The third kappa shape index (κ3) is 1.71. The monoisotopic (exact) mass is 203 g/mol. The Kier molecular flexibility index (Phi) is 2.43. The number of aromatic nitrogens is 2. The molecule has 0 bridgehead atoms. The summed E-state index contributed by atoms with van der Waals surface area (Å²) in [4.78, 5) is 4.10. The Bertz CT molecular complexity index is 476. The number of nitrogens with zero attached hydrogens (tertiary/aromatic N) is 2. The van der Waals surface area contributed by atoms with Crippen molar-refractivity contribution in [2.24, 2.45) is 5.73 Å². The van der Waals surface area contributed by atoms with Crippen molar-refractivity contribution >= 4 is 0 Å². The minimum Gasteiger partial charge on any atom is -0.506 e. The molecule has 0 fully saturated rings. The van der Waals surface area contributed by atoms with Gasteiger partial charge in [-0.15, -0.1) is 0 Å². The molecule has 0 unspecified atom stereocenters. The molecule has 0 aliphatic rings. The summed E-state index contributed by atoms with van der Waals surface area (Å²) in [5.41, 5.74) is 7.12. The molecule has 0 aliphatic heterocycles. The summed E-state index contributed by atoms with van der Waals surface area (Å²) in [5, 5.41) is 9.81. The van der Waals surface area contributed by atoms with E-state index in [0.29, 0.717) is 6.54 Å². The first-order chi connectivity index (χ1) is 7.22. The second kappa shape index (κ2) is 3.74. The molecular weight excluding hydrogens is 190 g/mol. The lowest BCUT2D eigenvalue weighted by Gasteiger charge is -2.08. The largest absolute Gasteiger partial charge is 0.506 e. The fourth-order valence-corrected chi connectivity index (χ4v) is 1.53. The highest BCUT2D eigenvalue weighted by Gasteiger charge is 2.06. The van der Waals surface area contributed by atoms with E-state index in [1.807, 2.05) is 29.8 Å². The zero-order chi connectivity index (χ0) is 10.8. The summed E-state index contributed by atoms with van der Waals surface area (Å²) in [6.07, 6.45) is 3.51. The van der Waals surface area contributed by atoms with Crippen LogP contribution >= 0.6 is 0 Å². The van der Waals surface area contributed by atoms with Gasteiger partial charge in [-0.05, 0) is 24.6 Å². The van der Waals surface area contributed by atoms with Gasteiger partial charge in [0.2, 0.25) is 0 Å². The molecule has 1 aromatic heterocycles. The highest BCUT2D eigenvalue weighted by Crippen LogP contribution is 2.23. The topological polar surface area (TPSA) is 64.1 Å². The van der Waals surface area contributed by atoms with E-state index >= 15 is 0 Å². The molecule has 1 heterocycles. The number of hydrogen-bond donors (Lipinski definition) is 2. The van der Waals surface area contributed by atoms with Crippen LogP contribution in [0.2, 0.25) is 0 Å². The first-order valence-electron chi connectivity index (χ1n) is 4.74. The molecule has 4 nitrogen and oxygen atoms in total. The lowest BCUT2D eigenvalue weighted by Crippen LogP contribution is -1.99. The zero-order valence-corrected chi connectivity index (χ0v) is 8.51. The van der Waals surface area contributed by atoms with Crippen LogP contribution in [0.4, 0.5) is 0 Å². The maximum absolute atomic E-state index is 9.81. The van der Waals surface area contributed by atoms with Crippen LogP contribution in [0.5, 0.6) is 5.75 Å². The summed E-state index contributed by atoms with van der Waals surface area (Å²) in [7, 11) is 0. The molecule has 0 spiro atoms. The predicted molar refractivity (Wildman–Crippen MR) is 57.9 cm³/mol. The highest BCUT2D eigenvalue weighted by molar-refractivity contribution is 5.48. The maximum atomic E-state index is 9.81. The van der Waals surface area contributed by atoms with Crippen molar-refractivity contribution in [3.63, 3.8) is 0 Å². The van der Waals surface area contributed by atoms with E-state index in [9.17, 15) is 5.11 Å². The first kappa shape index (κ1) is 9.73. The Hall–Kier alpha value is -1.81. The second-order valence-electron chi connectivity index (χ2n) is 3.37. The number of aryl methyl sites for hydroxylation is 1. The van der Waals surface area contributed by atoms with E-state index < -0.39 is 0 Å². The second-order valence-corrected chi connectivity index (χ2v) is 3.37. The third-order valence-electron chi connectivity index (χ3n) is 2.36. The Morgan fingerprint density at radius 3 is 2.80 bits per heavy atom. The number of nitrogens with two attached hydrogens (primary N) is 1. The van der Waals surface area contributed by atoms with Crippen molar-refractivity contribution < 1.29 is 5.11 Å². The van der Waals surface area contributed by atoms with Crippen LogP contribution in [0.3, 0.4) is 0 Å². The van der Waals surface area contributed by atoms with Crippen LogP contribution in [0.15, 0.2) is 30.6 Å². The van der Waals surface area contributed by atoms with Gasteiger partial charge in [-0.2, -0.15) is 0 Å². The van der Waals surface area contributed by atoms with Crippen LogP contribution in [0, 0.1) is 6.92 Å². The minimum absolute atomic E-state index is 0.221. The summed E-state index contributed by atoms with van der Waals surface area (Å²) in [6.45, 7) is 2.31. The predicted octanol–water partition coefficient (Wildman–Crippen LogP) is 1.35.